The maximum Gasteiger partial charge on any atom is 0.326 e. The fraction of sp³-hybridized carbons (Fsp3) is 0.591. The molecule has 2 aliphatic heterocycles. The Balaban J connectivity index is 1.28. The zero-order chi connectivity index (χ0) is 20.0. The van der Waals surface area contributed by atoms with Crippen LogP contribution in [0.15, 0.2) is 24.3 Å². The Morgan fingerprint density at radius 2 is 2.00 bits per heavy atom. The van der Waals surface area contributed by atoms with Crippen molar-refractivity contribution >= 4 is 33.5 Å². The first-order valence-electron chi connectivity index (χ1n) is 10.8. The minimum absolute atomic E-state index is 0.0171. The van der Waals surface area contributed by atoms with Crippen LogP contribution in [0.3, 0.4) is 0 Å². The van der Waals surface area contributed by atoms with Gasteiger partial charge in [-0.05, 0) is 63.1 Å². The van der Waals surface area contributed by atoms with E-state index in [1.807, 2.05) is 6.07 Å². The van der Waals surface area contributed by atoms with E-state index in [4.69, 9.17) is 4.98 Å². The summed E-state index contributed by atoms with van der Waals surface area (Å²) in [5.41, 5.74) is 0.415. The molecule has 1 saturated carbocycles. The zero-order valence-corrected chi connectivity index (χ0v) is 17.7. The van der Waals surface area contributed by atoms with Gasteiger partial charge in [0.25, 0.3) is 5.91 Å². The number of nitrogens with zero attached hydrogens (tertiary/aromatic N) is 3. The maximum absolute atomic E-state index is 13.1. The van der Waals surface area contributed by atoms with Crippen LogP contribution in [0.4, 0.5) is 4.79 Å². The van der Waals surface area contributed by atoms with Crippen LogP contribution in [0.5, 0.6) is 0 Å². The Labute approximate surface area is 175 Å². The van der Waals surface area contributed by atoms with Crippen LogP contribution in [0.1, 0.15) is 56.4 Å². The van der Waals surface area contributed by atoms with E-state index < -0.39 is 5.54 Å². The predicted molar refractivity (Wildman–Crippen MR) is 114 cm³/mol. The summed E-state index contributed by atoms with van der Waals surface area (Å²) < 4.78 is 1.22. The van der Waals surface area contributed by atoms with E-state index in [1.54, 1.807) is 11.3 Å². The Morgan fingerprint density at radius 3 is 2.79 bits per heavy atom. The monoisotopic (exact) mass is 412 g/mol. The molecule has 2 aromatic rings. The first kappa shape index (κ1) is 19.0. The summed E-state index contributed by atoms with van der Waals surface area (Å²) in [6.07, 6.45) is 5.71. The van der Waals surface area contributed by atoms with Crippen molar-refractivity contribution in [2.75, 3.05) is 19.8 Å². The fourth-order valence-corrected chi connectivity index (χ4v) is 6.14. The van der Waals surface area contributed by atoms with E-state index in [-0.39, 0.29) is 11.9 Å². The summed E-state index contributed by atoms with van der Waals surface area (Å²) >= 11 is 1.77. The Kier molecular flexibility index (Phi) is 4.82. The number of fused-ring (bicyclic) bond motifs is 1. The van der Waals surface area contributed by atoms with Gasteiger partial charge in [0.2, 0.25) is 0 Å². The van der Waals surface area contributed by atoms with Gasteiger partial charge in [-0.25, -0.2) is 14.7 Å². The fourth-order valence-electron chi connectivity index (χ4n) is 5.05. The number of hydrogen-bond donors (Lipinski definition) is 1. The third-order valence-corrected chi connectivity index (χ3v) is 8.08. The van der Waals surface area contributed by atoms with Crippen molar-refractivity contribution in [3.05, 3.63) is 29.3 Å². The number of rotatable bonds is 3. The number of thiazole rings is 1. The van der Waals surface area contributed by atoms with Crippen LogP contribution in [-0.2, 0) is 4.79 Å². The summed E-state index contributed by atoms with van der Waals surface area (Å²) in [6, 6.07) is 8.05. The van der Waals surface area contributed by atoms with Crippen molar-refractivity contribution < 1.29 is 9.59 Å². The van der Waals surface area contributed by atoms with Crippen molar-refractivity contribution in [3.8, 4) is 0 Å². The van der Waals surface area contributed by atoms with Crippen molar-refractivity contribution in [3.63, 3.8) is 0 Å². The first-order chi connectivity index (χ1) is 14.0. The van der Waals surface area contributed by atoms with Gasteiger partial charge in [0, 0.05) is 12.5 Å². The number of aromatic nitrogens is 1. The molecule has 1 aromatic carbocycles. The van der Waals surface area contributed by atoms with Gasteiger partial charge < -0.3 is 5.32 Å². The number of piperidine rings is 1. The van der Waals surface area contributed by atoms with E-state index in [2.05, 4.69) is 35.3 Å². The minimum atomic E-state index is -0.647. The van der Waals surface area contributed by atoms with Crippen LogP contribution < -0.4 is 5.32 Å². The summed E-state index contributed by atoms with van der Waals surface area (Å²) in [5.74, 6) is 0.985. The number of amides is 3. The van der Waals surface area contributed by atoms with Crippen molar-refractivity contribution in [1.82, 2.24) is 20.1 Å². The molecule has 1 unspecified atom stereocenters. The molecule has 1 atom stereocenters. The number of urea groups is 1. The number of imide groups is 1. The Morgan fingerprint density at radius 1 is 1.21 bits per heavy atom. The van der Waals surface area contributed by atoms with Gasteiger partial charge in [0.1, 0.15) is 5.54 Å². The molecule has 3 aliphatic rings. The molecule has 6 nitrogen and oxygen atoms in total. The van der Waals surface area contributed by atoms with E-state index in [9.17, 15) is 9.59 Å². The molecule has 1 N–H and O–H groups in total. The number of para-hydroxylation sites is 1. The molecule has 7 heteroatoms. The van der Waals surface area contributed by atoms with Gasteiger partial charge in [-0.3, -0.25) is 9.69 Å². The molecule has 1 aromatic heterocycles. The summed E-state index contributed by atoms with van der Waals surface area (Å²) in [6.45, 7) is 4.38. The lowest BCUT2D eigenvalue weighted by Gasteiger charge is -2.35. The van der Waals surface area contributed by atoms with Crippen LogP contribution in [0.2, 0.25) is 0 Å². The lowest BCUT2D eigenvalue weighted by atomic mass is 9.77. The minimum Gasteiger partial charge on any atom is -0.323 e. The molecule has 154 valence electrons. The van der Waals surface area contributed by atoms with E-state index in [1.165, 1.54) is 14.6 Å². The second-order valence-electron chi connectivity index (χ2n) is 9.01. The van der Waals surface area contributed by atoms with Gasteiger partial charge in [0.15, 0.2) is 0 Å². The summed E-state index contributed by atoms with van der Waals surface area (Å²) in [7, 11) is 0. The standard InChI is InChI=1S/C22H28N4O2S/c1-15-8-10-22(11-9-15)20(27)26(21(28)24-22)14-25-12-4-5-16(13-25)19-23-17-6-2-3-7-18(17)29-19/h2-3,6-7,15-16H,4-5,8-14H2,1H3,(H,24,28). The van der Waals surface area contributed by atoms with Gasteiger partial charge in [-0.1, -0.05) is 19.1 Å². The average molecular weight is 413 g/mol. The Hall–Kier alpha value is -1.99. The highest BCUT2D eigenvalue weighted by atomic mass is 32.1. The molecule has 1 aliphatic carbocycles. The number of carbonyl (C=O) groups is 2. The second kappa shape index (κ2) is 7.36. The first-order valence-corrected chi connectivity index (χ1v) is 11.6. The molecule has 1 spiro atoms. The molecular weight excluding hydrogens is 384 g/mol. The van der Waals surface area contributed by atoms with Gasteiger partial charge in [-0.15, -0.1) is 11.3 Å². The average Bonchev–Trinajstić information content (AvgIpc) is 3.26. The third kappa shape index (κ3) is 3.44. The number of likely N-dealkylation sites (tertiary alicyclic amines) is 1. The van der Waals surface area contributed by atoms with Crippen LogP contribution in [0, 0.1) is 5.92 Å². The largest absolute Gasteiger partial charge is 0.326 e. The van der Waals surface area contributed by atoms with Crippen LogP contribution in [0.25, 0.3) is 10.2 Å². The number of carbonyl (C=O) groups excluding carboxylic acids is 2. The molecule has 0 radical (unpaired) electrons. The number of nitrogens with one attached hydrogen (secondary N) is 1. The highest BCUT2D eigenvalue weighted by Crippen LogP contribution is 2.37. The predicted octanol–water partition coefficient (Wildman–Crippen LogP) is 3.93. The highest BCUT2D eigenvalue weighted by molar-refractivity contribution is 7.18. The number of hydrogen-bond acceptors (Lipinski definition) is 5. The SMILES string of the molecule is CC1CCC2(CC1)NC(=O)N(CN1CCCC(c3nc4ccccc4s3)C1)C2=O. The van der Waals surface area contributed by atoms with Gasteiger partial charge in [-0.2, -0.15) is 0 Å². The maximum atomic E-state index is 13.1. The zero-order valence-electron chi connectivity index (χ0n) is 16.9. The van der Waals surface area contributed by atoms with Crippen LogP contribution >= 0.6 is 11.3 Å². The van der Waals surface area contributed by atoms with Gasteiger partial charge in [0.05, 0.1) is 21.9 Å². The molecule has 0 bridgehead atoms. The van der Waals surface area contributed by atoms with Crippen molar-refractivity contribution in [2.45, 2.75) is 56.9 Å². The molecule has 3 amide bonds. The van der Waals surface area contributed by atoms with Crippen molar-refractivity contribution in [1.29, 1.82) is 0 Å². The van der Waals surface area contributed by atoms with Crippen LogP contribution in [-0.4, -0.2) is 52.0 Å². The highest BCUT2D eigenvalue weighted by Gasteiger charge is 2.52. The molecule has 5 rings (SSSR count). The topological polar surface area (TPSA) is 65.5 Å². The lowest BCUT2D eigenvalue weighted by Crippen LogP contribution is -2.50. The molecular formula is C22H28N4O2S. The summed E-state index contributed by atoms with van der Waals surface area (Å²) in [5, 5.41) is 4.21. The second-order valence-corrected chi connectivity index (χ2v) is 10.1. The molecule has 3 heterocycles. The smallest absolute Gasteiger partial charge is 0.323 e. The van der Waals surface area contributed by atoms with Gasteiger partial charge >= 0.3 is 6.03 Å². The normalized spacial score (nSPS) is 31.0. The quantitative estimate of drug-likeness (QED) is 0.776. The van der Waals surface area contributed by atoms with E-state index >= 15 is 0 Å². The molecule has 29 heavy (non-hydrogen) atoms. The van der Waals surface area contributed by atoms with E-state index in [0.29, 0.717) is 18.5 Å². The van der Waals surface area contributed by atoms with E-state index in [0.717, 1.165) is 57.1 Å². The summed E-state index contributed by atoms with van der Waals surface area (Å²) in [4.78, 5) is 34.3. The number of benzene rings is 1. The lowest BCUT2D eigenvalue weighted by molar-refractivity contribution is -0.134. The third-order valence-electron chi connectivity index (χ3n) is 6.88. The molecule has 3 fully saturated rings. The van der Waals surface area contributed by atoms with Crippen molar-refractivity contribution in [2.24, 2.45) is 5.92 Å². The molecule has 2 saturated heterocycles. The Bertz CT molecular complexity index is 901.